The molecule has 206 valence electrons. The van der Waals surface area contributed by atoms with E-state index in [4.69, 9.17) is 9.57 Å². The molecule has 0 unspecified atom stereocenters. The molecule has 0 saturated carbocycles. The third-order valence-corrected chi connectivity index (χ3v) is 7.25. The largest absolute Gasteiger partial charge is 0.466 e. The lowest BCUT2D eigenvalue weighted by molar-refractivity contribution is -0.143. The van der Waals surface area contributed by atoms with E-state index in [1.54, 1.807) is 0 Å². The minimum Gasteiger partial charge on any atom is -0.466 e. The summed E-state index contributed by atoms with van der Waals surface area (Å²) in [4.78, 5) is 17.5. The first-order valence-electron chi connectivity index (χ1n) is 15.7. The fourth-order valence-electron chi connectivity index (χ4n) is 4.91. The highest BCUT2D eigenvalue weighted by molar-refractivity contribution is 5.83. The minimum absolute atomic E-state index is 0.0374. The van der Waals surface area contributed by atoms with Crippen LogP contribution >= 0.6 is 0 Å². The first-order chi connectivity index (χ1) is 17.3. The minimum atomic E-state index is -0.0374. The van der Waals surface area contributed by atoms with Crippen molar-refractivity contribution in [3.05, 3.63) is 0 Å². The summed E-state index contributed by atoms with van der Waals surface area (Å²) in [5, 5.41) is 4.48. The van der Waals surface area contributed by atoms with Crippen LogP contribution in [0.2, 0.25) is 0 Å². The van der Waals surface area contributed by atoms with Gasteiger partial charge in [0.15, 0.2) is 0 Å². The molecule has 0 amide bonds. The highest BCUT2D eigenvalue weighted by Gasteiger charge is 2.06. The molecule has 1 aliphatic rings. The summed E-state index contributed by atoms with van der Waals surface area (Å²) < 4.78 is 5.39. The quantitative estimate of drug-likeness (QED) is 0.122. The van der Waals surface area contributed by atoms with Gasteiger partial charge in [-0.1, -0.05) is 128 Å². The number of nitrogens with zero attached hydrogens (tertiary/aromatic N) is 1. The van der Waals surface area contributed by atoms with Crippen molar-refractivity contribution in [2.45, 2.75) is 174 Å². The van der Waals surface area contributed by atoms with Crippen LogP contribution in [0.25, 0.3) is 0 Å². The number of cyclic esters (lactones) is 1. The molecule has 0 N–H and O–H groups in total. The second-order valence-corrected chi connectivity index (χ2v) is 10.7. The fourth-order valence-corrected chi connectivity index (χ4v) is 4.91. The Morgan fingerprint density at radius 3 is 1.63 bits per heavy atom. The van der Waals surface area contributed by atoms with E-state index in [1.165, 1.54) is 122 Å². The molecule has 0 aliphatic carbocycles. The molecule has 0 aromatic rings. The maximum atomic E-state index is 11.8. The molecule has 4 nitrogen and oxygen atoms in total. The van der Waals surface area contributed by atoms with Gasteiger partial charge in [0.05, 0.1) is 12.3 Å². The molecule has 0 spiro atoms. The van der Waals surface area contributed by atoms with Crippen molar-refractivity contribution >= 4 is 11.7 Å². The average Bonchev–Trinajstić information content (AvgIpc) is 2.86. The van der Waals surface area contributed by atoms with Gasteiger partial charge in [-0.2, -0.15) is 0 Å². The van der Waals surface area contributed by atoms with Gasteiger partial charge in [0, 0.05) is 6.42 Å². The van der Waals surface area contributed by atoms with Gasteiger partial charge in [-0.3, -0.25) is 4.79 Å². The standard InChI is InChI=1S/C31H59NO3/c1-2-3-4-5-6-7-8-9-10-11-14-17-20-23-29-35-32-30-25-21-18-15-12-13-16-19-22-27-31(33)34-28-24-26-30/h2-29H2,1H3/b32-30+. The number of carbonyl (C=O) groups excluding carboxylic acids is 1. The first kappa shape index (κ1) is 32.0. The van der Waals surface area contributed by atoms with E-state index >= 15 is 0 Å². The Morgan fingerprint density at radius 1 is 0.600 bits per heavy atom. The maximum Gasteiger partial charge on any atom is 0.305 e. The molecular weight excluding hydrogens is 434 g/mol. The molecule has 0 atom stereocenters. The van der Waals surface area contributed by atoms with Crippen molar-refractivity contribution in [3.8, 4) is 0 Å². The van der Waals surface area contributed by atoms with Crippen LogP contribution in [0.4, 0.5) is 0 Å². The zero-order chi connectivity index (χ0) is 25.1. The van der Waals surface area contributed by atoms with Crippen LogP contribution in [0.3, 0.4) is 0 Å². The Balaban J connectivity index is 2.04. The zero-order valence-corrected chi connectivity index (χ0v) is 23.5. The Labute approximate surface area is 218 Å². The molecule has 1 heterocycles. The van der Waals surface area contributed by atoms with E-state index in [1.807, 2.05) is 0 Å². The Morgan fingerprint density at radius 2 is 1.06 bits per heavy atom. The van der Waals surface area contributed by atoms with Crippen LogP contribution in [-0.4, -0.2) is 24.9 Å². The van der Waals surface area contributed by atoms with Crippen LogP contribution in [-0.2, 0) is 14.4 Å². The van der Waals surface area contributed by atoms with Gasteiger partial charge in [-0.05, 0) is 44.9 Å². The van der Waals surface area contributed by atoms with Gasteiger partial charge < -0.3 is 9.57 Å². The van der Waals surface area contributed by atoms with E-state index in [0.717, 1.165) is 50.8 Å². The highest BCUT2D eigenvalue weighted by Crippen LogP contribution is 2.15. The van der Waals surface area contributed by atoms with Gasteiger partial charge in [-0.15, -0.1) is 0 Å². The molecule has 0 aromatic carbocycles. The zero-order valence-electron chi connectivity index (χ0n) is 23.5. The van der Waals surface area contributed by atoms with Gasteiger partial charge >= 0.3 is 5.97 Å². The molecule has 0 bridgehead atoms. The normalized spacial score (nSPS) is 18.4. The predicted molar refractivity (Wildman–Crippen MR) is 150 cm³/mol. The van der Waals surface area contributed by atoms with Crippen molar-refractivity contribution in [1.82, 2.24) is 0 Å². The number of carbonyl (C=O) groups is 1. The number of unbranched alkanes of at least 4 members (excludes halogenated alkanes) is 13. The molecular formula is C31H59NO3. The monoisotopic (exact) mass is 493 g/mol. The Hall–Kier alpha value is -1.06. The molecule has 1 rings (SSSR count). The summed E-state index contributed by atoms with van der Waals surface area (Å²) in [5.74, 6) is -0.0374. The topological polar surface area (TPSA) is 47.9 Å². The summed E-state index contributed by atoms with van der Waals surface area (Å²) in [6.45, 7) is 3.53. The summed E-state index contributed by atoms with van der Waals surface area (Å²) in [7, 11) is 0. The molecule has 35 heavy (non-hydrogen) atoms. The molecule has 0 aromatic heterocycles. The maximum absolute atomic E-state index is 11.8. The number of oxime groups is 1. The highest BCUT2D eigenvalue weighted by atomic mass is 16.6. The molecule has 0 radical (unpaired) electrons. The third-order valence-electron chi connectivity index (χ3n) is 7.25. The van der Waals surface area contributed by atoms with Crippen LogP contribution < -0.4 is 0 Å². The van der Waals surface area contributed by atoms with E-state index in [2.05, 4.69) is 12.1 Å². The molecule has 1 aliphatic heterocycles. The van der Waals surface area contributed by atoms with Crippen LogP contribution in [0.1, 0.15) is 174 Å². The van der Waals surface area contributed by atoms with E-state index < -0.39 is 0 Å². The van der Waals surface area contributed by atoms with Crippen molar-refractivity contribution in [2.24, 2.45) is 5.16 Å². The number of ether oxygens (including phenoxy) is 1. The van der Waals surface area contributed by atoms with Crippen LogP contribution in [0.5, 0.6) is 0 Å². The predicted octanol–water partition coefficient (Wildman–Crippen LogP) is 10.1. The van der Waals surface area contributed by atoms with E-state index in [0.29, 0.717) is 13.0 Å². The van der Waals surface area contributed by atoms with E-state index in [9.17, 15) is 4.79 Å². The summed E-state index contributed by atoms with van der Waals surface area (Å²) in [6.07, 6.45) is 32.3. The molecule has 1 saturated heterocycles. The van der Waals surface area contributed by atoms with E-state index in [-0.39, 0.29) is 5.97 Å². The van der Waals surface area contributed by atoms with Crippen molar-refractivity contribution in [1.29, 1.82) is 0 Å². The SMILES string of the molecule is CCCCCCCCCCCCCCCCO/N=C1\CCCCCCCCCCC(=O)OCCC1. The lowest BCUT2D eigenvalue weighted by atomic mass is 10.0. The third kappa shape index (κ3) is 23.1. The van der Waals surface area contributed by atoms with Crippen molar-refractivity contribution < 1.29 is 14.4 Å². The first-order valence-corrected chi connectivity index (χ1v) is 15.7. The van der Waals surface area contributed by atoms with Crippen LogP contribution in [0.15, 0.2) is 5.16 Å². The van der Waals surface area contributed by atoms with Crippen molar-refractivity contribution in [2.75, 3.05) is 13.2 Å². The Bertz CT molecular complexity index is 492. The van der Waals surface area contributed by atoms with Gasteiger partial charge in [0.2, 0.25) is 0 Å². The second-order valence-electron chi connectivity index (χ2n) is 10.7. The van der Waals surface area contributed by atoms with Crippen LogP contribution in [0, 0.1) is 0 Å². The number of esters is 1. The number of hydrogen-bond donors (Lipinski definition) is 0. The lowest BCUT2D eigenvalue weighted by Crippen LogP contribution is -2.08. The number of hydrogen-bond acceptors (Lipinski definition) is 4. The van der Waals surface area contributed by atoms with Gasteiger partial charge in [0.25, 0.3) is 0 Å². The average molecular weight is 494 g/mol. The summed E-state index contributed by atoms with van der Waals surface area (Å²) >= 11 is 0. The Kier molecular flexibility index (Phi) is 23.8. The number of rotatable bonds is 16. The van der Waals surface area contributed by atoms with Crippen molar-refractivity contribution in [3.63, 3.8) is 0 Å². The van der Waals surface area contributed by atoms with Gasteiger partial charge in [0.1, 0.15) is 6.61 Å². The smallest absolute Gasteiger partial charge is 0.305 e. The van der Waals surface area contributed by atoms with Gasteiger partial charge in [-0.25, -0.2) is 0 Å². The molecule has 4 heteroatoms. The summed E-state index contributed by atoms with van der Waals surface area (Å²) in [6, 6.07) is 0. The summed E-state index contributed by atoms with van der Waals surface area (Å²) in [5.41, 5.74) is 1.15. The molecule has 1 fully saturated rings. The second kappa shape index (κ2) is 26.0. The fraction of sp³-hybridized carbons (Fsp3) is 0.935. The lowest BCUT2D eigenvalue weighted by Gasteiger charge is -2.09.